The van der Waals surface area contributed by atoms with Crippen molar-refractivity contribution in [3.8, 4) is 5.75 Å². The van der Waals surface area contributed by atoms with E-state index in [2.05, 4.69) is 15.6 Å². The summed E-state index contributed by atoms with van der Waals surface area (Å²) in [7, 11) is 2.93. The largest absolute Gasteiger partial charge is 0.494 e. The quantitative estimate of drug-likeness (QED) is 0.214. The first-order valence-corrected chi connectivity index (χ1v) is 10.3. The molecule has 7 N–H and O–H groups in total. The van der Waals surface area contributed by atoms with Gasteiger partial charge in [0.2, 0.25) is 0 Å². The molecule has 1 saturated carbocycles. The standard InChI is InChI=1S/C23H30N6O3/c1-4-5-7-15(13-24)16-8-6-9-17(21(16)32-3)28-18(20(26)23(31)27-2)12-19(25)29-22(30)14-10-11-14/h5-9,12-14,26,28H,4,10-11,24H2,1-3H3,(H,27,31)(H2,25,29,30)/b7-5-,15-13+,18-12+,26-20?. The zero-order valence-corrected chi connectivity index (χ0v) is 18.6. The fourth-order valence-electron chi connectivity index (χ4n) is 2.85. The number of aliphatic imine (C=N–C) groups is 1. The molecule has 1 aromatic rings. The maximum atomic E-state index is 12.1. The summed E-state index contributed by atoms with van der Waals surface area (Å²) in [6, 6.07) is 5.37. The number of carbonyl (C=O) groups is 2. The summed E-state index contributed by atoms with van der Waals surface area (Å²) >= 11 is 0. The van der Waals surface area contributed by atoms with Crippen molar-refractivity contribution in [2.45, 2.75) is 26.2 Å². The lowest BCUT2D eigenvalue weighted by Crippen LogP contribution is -2.31. The summed E-state index contributed by atoms with van der Waals surface area (Å²) in [6.45, 7) is 2.02. The molecular formula is C23H30N6O3. The normalized spacial score (nSPS) is 14.9. The van der Waals surface area contributed by atoms with Crippen LogP contribution in [0.25, 0.3) is 5.57 Å². The van der Waals surface area contributed by atoms with Gasteiger partial charge in [-0.2, -0.15) is 4.99 Å². The monoisotopic (exact) mass is 438 g/mol. The molecular weight excluding hydrogens is 408 g/mol. The van der Waals surface area contributed by atoms with Crippen LogP contribution in [0.3, 0.4) is 0 Å². The van der Waals surface area contributed by atoms with Gasteiger partial charge in [0, 0.05) is 36.4 Å². The molecule has 170 valence electrons. The Balaban J connectivity index is 2.48. The molecule has 0 bridgehead atoms. The fourth-order valence-corrected chi connectivity index (χ4v) is 2.85. The van der Waals surface area contributed by atoms with E-state index in [9.17, 15) is 9.59 Å². The Morgan fingerprint density at radius 2 is 2.06 bits per heavy atom. The van der Waals surface area contributed by atoms with E-state index in [4.69, 9.17) is 21.6 Å². The second-order valence-electron chi connectivity index (χ2n) is 7.11. The molecule has 9 nitrogen and oxygen atoms in total. The highest BCUT2D eigenvalue weighted by atomic mass is 16.5. The highest BCUT2D eigenvalue weighted by Gasteiger charge is 2.29. The van der Waals surface area contributed by atoms with Crippen molar-refractivity contribution in [2.24, 2.45) is 22.4 Å². The minimum atomic E-state index is -0.631. The van der Waals surface area contributed by atoms with Crippen molar-refractivity contribution < 1.29 is 14.3 Å². The summed E-state index contributed by atoms with van der Waals surface area (Å²) in [5, 5.41) is 13.7. The lowest BCUT2D eigenvalue weighted by molar-refractivity contribution is -0.119. The van der Waals surface area contributed by atoms with Crippen LogP contribution >= 0.6 is 0 Å². The summed E-state index contributed by atoms with van der Waals surface area (Å²) in [5.41, 5.74) is 13.4. The summed E-state index contributed by atoms with van der Waals surface area (Å²) < 4.78 is 5.61. The van der Waals surface area contributed by atoms with Gasteiger partial charge in [-0.3, -0.25) is 15.0 Å². The molecule has 0 heterocycles. The Kier molecular flexibility index (Phi) is 8.76. The molecule has 1 fully saturated rings. The Bertz CT molecular complexity index is 1000. The van der Waals surface area contributed by atoms with Gasteiger partial charge in [-0.15, -0.1) is 0 Å². The minimum Gasteiger partial charge on any atom is -0.494 e. The molecule has 32 heavy (non-hydrogen) atoms. The number of hydrogen-bond donors (Lipinski definition) is 5. The zero-order chi connectivity index (χ0) is 23.7. The van der Waals surface area contributed by atoms with Gasteiger partial charge in [-0.05, 0) is 25.3 Å². The number of hydrogen-bond acceptors (Lipinski definition) is 6. The van der Waals surface area contributed by atoms with Crippen LogP contribution in [0.4, 0.5) is 5.69 Å². The first-order valence-electron chi connectivity index (χ1n) is 10.3. The van der Waals surface area contributed by atoms with Crippen molar-refractivity contribution in [3.63, 3.8) is 0 Å². The van der Waals surface area contributed by atoms with E-state index in [1.807, 2.05) is 25.1 Å². The van der Waals surface area contributed by atoms with Gasteiger partial charge in [0.05, 0.1) is 18.5 Å². The molecule has 0 unspecified atom stereocenters. The molecule has 2 rings (SSSR count). The van der Waals surface area contributed by atoms with Crippen molar-refractivity contribution in [1.82, 2.24) is 5.32 Å². The third kappa shape index (κ3) is 6.31. The van der Waals surface area contributed by atoms with Crippen LogP contribution in [0.5, 0.6) is 5.75 Å². The number of nitrogens with one attached hydrogen (secondary N) is 3. The second kappa shape index (κ2) is 11.5. The highest BCUT2D eigenvalue weighted by Crippen LogP contribution is 2.35. The molecule has 2 amide bonds. The third-order valence-electron chi connectivity index (χ3n) is 4.69. The number of nitrogens with two attached hydrogens (primary N) is 2. The number of carbonyl (C=O) groups excluding carboxylic acids is 2. The first kappa shape index (κ1) is 24.4. The van der Waals surface area contributed by atoms with Crippen molar-refractivity contribution in [3.05, 3.63) is 53.9 Å². The molecule has 0 aromatic heterocycles. The summed E-state index contributed by atoms with van der Waals surface area (Å²) in [5.74, 6) is -0.656. The summed E-state index contributed by atoms with van der Waals surface area (Å²) in [6.07, 6.45) is 9.06. The molecule has 1 aliphatic carbocycles. The second-order valence-corrected chi connectivity index (χ2v) is 7.11. The fraction of sp³-hybridized carbons (Fsp3) is 0.304. The van der Waals surface area contributed by atoms with Gasteiger partial charge in [0.25, 0.3) is 11.8 Å². The van der Waals surface area contributed by atoms with Crippen LogP contribution in [0.15, 0.2) is 53.3 Å². The van der Waals surface area contributed by atoms with Crippen molar-refractivity contribution >= 4 is 34.6 Å². The third-order valence-corrected chi connectivity index (χ3v) is 4.69. The number of ether oxygens (including phenoxy) is 1. The Morgan fingerprint density at radius 3 is 2.62 bits per heavy atom. The zero-order valence-electron chi connectivity index (χ0n) is 18.6. The number of rotatable bonds is 10. The lowest BCUT2D eigenvalue weighted by atomic mass is 10.0. The molecule has 1 aliphatic rings. The Labute approximate surface area is 187 Å². The topological polar surface area (TPSA) is 156 Å². The van der Waals surface area contributed by atoms with Crippen LogP contribution in [-0.4, -0.2) is 37.5 Å². The van der Waals surface area contributed by atoms with Crippen molar-refractivity contribution in [2.75, 3.05) is 19.5 Å². The van der Waals surface area contributed by atoms with Crippen LogP contribution < -0.4 is 26.8 Å². The number of methoxy groups -OCH3 is 1. The number of nitrogens with zero attached hydrogens (tertiary/aromatic N) is 1. The molecule has 0 spiro atoms. The predicted octanol–water partition coefficient (Wildman–Crippen LogP) is 2.32. The molecule has 9 heteroatoms. The van der Waals surface area contributed by atoms with E-state index in [0.29, 0.717) is 11.4 Å². The first-order chi connectivity index (χ1) is 15.4. The van der Waals surface area contributed by atoms with E-state index >= 15 is 0 Å². The van der Waals surface area contributed by atoms with Crippen molar-refractivity contribution in [1.29, 1.82) is 5.41 Å². The maximum Gasteiger partial charge on any atom is 0.271 e. The van der Waals surface area contributed by atoms with Gasteiger partial charge in [0.15, 0.2) is 0 Å². The summed E-state index contributed by atoms with van der Waals surface area (Å²) in [4.78, 5) is 28.0. The average Bonchev–Trinajstić information content (AvgIpc) is 3.63. The number of amides is 2. The van der Waals surface area contributed by atoms with Crippen LogP contribution in [-0.2, 0) is 9.59 Å². The maximum absolute atomic E-state index is 12.1. The van der Waals surface area contributed by atoms with Gasteiger partial charge >= 0.3 is 0 Å². The number of anilines is 1. The Hall–Kier alpha value is -3.88. The van der Waals surface area contributed by atoms with Gasteiger partial charge < -0.3 is 26.8 Å². The SMILES string of the molecule is CC/C=C\C(=C/N)c1cccc(N/C(=C/C(N)=NC(=O)C2CC2)C(=N)C(=O)NC)c1OC. The van der Waals surface area contributed by atoms with E-state index < -0.39 is 5.91 Å². The highest BCUT2D eigenvalue weighted by molar-refractivity contribution is 6.45. The Morgan fingerprint density at radius 1 is 1.34 bits per heavy atom. The number of allylic oxidation sites excluding steroid dienone is 3. The lowest BCUT2D eigenvalue weighted by Gasteiger charge is -2.17. The van der Waals surface area contributed by atoms with Crippen LogP contribution in [0, 0.1) is 11.3 Å². The average molecular weight is 439 g/mol. The predicted molar refractivity (Wildman–Crippen MR) is 127 cm³/mol. The molecule has 0 atom stereocenters. The van der Waals surface area contributed by atoms with Crippen LogP contribution in [0.2, 0.25) is 0 Å². The molecule has 0 radical (unpaired) electrons. The number of para-hydroxylation sites is 1. The van der Waals surface area contributed by atoms with Gasteiger partial charge in [-0.1, -0.05) is 31.2 Å². The minimum absolute atomic E-state index is 0.0621. The van der Waals surface area contributed by atoms with Crippen LogP contribution in [0.1, 0.15) is 31.7 Å². The molecule has 0 aliphatic heterocycles. The van der Waals surface area contributed by atoms with E-state index in [1.54, 1.807) is 12.1 Å². The molecule has 0 saturated heterocycles. The van der Waals surface area contributed by atoms with E-state index in [0.717, 1.165) is 30.4 Å². The number of amidine groups is 1. The van der Waals surface area contributed by atoms with E-state index in [1.165, 1.54) is 26.4 Å². The van der Waals surface area contributed by atoms with E-state index in [-0.39, 0.29) is 29.1 Å². The number of benzene rings is 1. The molecule has 1 aromatic carbocycles. The van der Waals surface area contributed by atoms with Gasteiger partial charge in [0.1, 0.15) is 17.3 Å². The smallest absolute Gasteiger partial charge is 0.271 e. The van der Waals surface area contributed by atoms with Gasteiger partial charge in [-0.25, -0.2) is 0 Å².